The Kier molecular flexibility index (Phi) is 0.926. The molecule has 0 saturated carbocycles. The second-order valence-corrected chi connectivity index (χ2v) is 2.25. The SMILES string of the molecule is Cc1cc[c]s1. The summed E-state index contributed by atoms with van der Waals surface area (Å²) in [5.41, 5.74) is 0. The molecule has 1 rings (SSSR count). The fraction of sp³-hybridized carbons (Fsp3) is 0.200. The van der Waals surface area contributed by atoms with Crippen molar-refractivity contribution in [3.8, 4) is 0 Å². The Labute approximate surface area is 41.4 Å². The van der Waals surface area contributed by atoms with E-state index in [9.17, 15) is 0 Å². The normalized spacial score (nSPS) is 8.83. The van der Waals surface area contributed by atoms with Gasteiger partial charge in [0.2, 0.25) is 0 Å². The van der Waals surface area contributed by atoms with Crippen LogP contribution in [0.1, 0.15) is 4.88 Å². The van der Waals surface area contributed by atoms with Gasteiger partial charge in [-0.1, -0.05) is 0 Å². The zero-order valence-corrected chi connectivity index (χ0v) is 4.38. The highest BCUT2D eigenvalue weighted by Gasteiger charge is 1.75. The fourth-order valence-corrected chi connectivity index (χ4v) is 0.770. The van der Waals surface area contributed by atoms with Crippen LogP contribution in [0.3, 0.4) is 0 Å². The van der Waals surface area contributed by atoms with Crippen LogP contribution in [-0.4, -0.2) is 0 Å². The molecule has 0 nitrogen and oxygen atoms in total. The summed E-state index contributed by atoms with van der Waals surface area (Å²) in [6.45, 7) is 2.07. The van der Waals surface area contributed by atoms with Crippen molar-refractivity contribution in [2.75, 3.05) is 0 Å². The molecule has 0 spiro atoms. The highest BCUT2D eigenvalue weighted by molar-refractivity contribution is 7.09. The third-order valence-electron chi connectivity index (χ3n) is 0.606. The number of hydrogen-bond donors (Lipinski definition) is 0. The Morgan fingerprint density at radius 1 is 1.83 bits per heavy atom. The van der Waals surface area contributed by atoms with E-state index in [4.69, 9.17) is 0 Å². The van der Waals surface area contributed by atoms with Gasteiger partial charge in [-0.15, -0.1) is 11.3 Å². The number of aryl methyl sites for hydroxylation is 1. The maximum atomic E-state index is 2.97. The van der Waals surface area contributed by atoms with Crippen LogP contribution >= 0.6 is 11.3 Å². The second kappa shape index (κ2) is 1.43. The van der Waals surface area contributed by atoms with E-state index in [0.29, 0.717) is 0 Å². The van der Waals surface area contributed by atoms with Gasteiger partial charge in [-0.2, -0.15) is 0 Å². The first-order chi connectivity index (χ1) is 2.89. The Balaban J connectivity index is 3.05. The van der Waals surface area contributed by atoms with Crippen molar-refractivity contribution < 1.29 is 0 Å². The highest BCUT2D eigenvalue weighted by atomic mass is 32.1. The average molecular weight is 97.2 g/mol. The van der Waals surface area contributed by atoms with Crippen molar-refractivity contribution in [2.24, 2.45) is 0 Å². The lowest BCUT2D eigenvalue weighted by Gasteiger charge is -1.65. The zero-order valence-electron chi connectivity index (χ0n) is 3.56. The Bertz CT molecular complexity index is 107. The standard InChI is InChI=1S/C5H5S/c1-5-3-2-4-6-5/h2-3H,1H3. The number of rotatable bonds is 0. The quantitative estimate of drug-likeness (QED) is 0.463. The van der Waals surface area contributed by atoms with Gasteiger partial charge < -0.3 is 0 Å². The molecule has 1 heterocycles. The topological polar surface area (TPSA) is 0 Å². The first-order valence-corrected chi connectivity index (χ1v) is 2.64. The molecule has 0 aromatic carbocycles. The molecule has 1 aromatic heterocycles. The third kappa shape index (κ3) is 0.601. The number of hydrogen-bond acceptors (Lipinski definition) is 1. The van der Waals surface area contributed by atoms with Crippen LogP contribution in [0.25, 0.3) is 0 Å². The zero-order chi connectivity index (χ0) is 4.41. The van der Waals surface area contributed by atoms with Crippen LogP contribution in [-0.2, 0) is 0 Å². The van der Waals surface area contributed by atoms with Crippen LogP contribution in [0.2, 0.25) is 0 Å². The molecule has 0 aliphatic heterocycles. The number of thiophene rings is 1. The van der Waals surface area contributed by atoms with Crippen molar-refractivity contribution in [1.82, 2.24) is 0 Å². The molecule has 0 atom stereocenters. The van der Waals surface area contributed by atoms with Gasteiger partial charge in [0.05, 0.1) is 0 Å². The molecule has 6 heavy (non-hydrogen) atoms. The van der Waals surface area contributed by atoms with Crippen LogP contribution < -0.4 is 0 Å². The molecule has 1 heteroatoms. The van der Waals surface area contributed by atoms with E-state index in [1.807, 2.05) is 12.1 Å². The summed E-state index contributed by atoms with van der Waals surface area (Å²) in [6, 6.07) is 3.98. The minimum absolute atomic E-state index is 1.33. The maximum absolute atomic E-state index is 2.97. The maximum Gasteiger partial charge on any atom is 0.0445 e. The summed E-state index contributed by atoms with van der Waals surface area (Å²) >= 11 is 1.65. The highest BCUT2D eigenvalue weighted by Crippen LogP contribution is 2.02. The van der Waals surface area contributed by atoms with Gasteiger partial charge in [0.1, 0.15) is 0 Å². The van der Waals surface area contributed by atoms with Crippen molar-refractivity contribution in [2.45, 2.75) is 6.92 Å². The van der Waals surface area contributed by atoms with Gasteiger partial charge in [0.15, 0.2) is 0 Å². The summed E-state index contributed by atoms with van der Waals surface area (Å²) < 4.78 is 0. The Morgan fingerprint density at radius 2 is 2.67 bits per heavy atom. The van der Waals surface area contributed by atoms with Crippen molar-refractivity contribution in [3.63, 3.8) is 0 Å². The molecule has 0 N–H and O–H groups in total. The van der Waals surface area contributed by atoms with Crippen LogP contribution in [0.15, 0.2) is 12.1 Å². The van der Waals surface area contributed by atoms with Gasteiger partial charge in [-0.25, -0.2) is 0 Å². The molecular weight excluding hydrogens is 92.1 g/mol. The van der Waals surface area contributed by atoms with E-state index in [0.717, 1.165) is 0 Å². The molecule has 0 saturated heterocycles. The second-order valence-electron chi connectivity index (χ2n) is 1.16. The molecule has 0 amide bonds. The lowest BCUT2D eigenvalue weighted by Crippen LogP contribution is -1.43. The molecule has 31 valence electrons. The summed E-state index contributed by atoms with van der Waals surface area (Å²) in [6.07, 6.45) is 0. The predicted octanol–water partition coefficient (Wildman–Crippen LogP) is 1.86. The summed E-state index contributed by atoms with van der Waals surface area (Å²) in [4.78, 5) is 1.33. The third-order valence-corrected chi connectivity index (χ3v) is 1.32. The predicted molar refractivity (Wildman–Crippen MR) is 27.9 cm³/mol. The molecule has 1 aromatic rings. The summed E-state index contributed by atoms with van der Waals surface area (Å²) in [7, 11) is 0. The summed E-state index contributed by atoms with van der Waals surface area (Å²) in [5.74, 6) is 0. The average Bonchev–Trinajstić information content (AvgIpc) is 1.86. The first-order valence-electron chi connectivity index (χ1n) is 1.82. The minimum atomic E-state index is 1.33. The van der Waals surface area contributed by atoms with E-state index < -0.39 is 0 Å². The fourth-order valence-electron chi connectivity index (χ4n) is 0.312. The molecule has 0 bridgehead atoms. The molecule has 0 fully saturated rings. The van der Waals surface area contributed by atoms with Gasteiger partial charge in [0.25, 0.3) is 0 Å². The van der Waals surface area contributed by atoms with Crippen LogP contribution in [0.5, 0.6) is 0 Å². The lowest BCUT2D eigenvalue weighted by atomic mass is 10.5. The van der Waals surface area contributed by atoms with Crippen molar-refractivity contribution in [3.05, 3.63) is 22.4 Å². The smallest absolute Gasteiger partial charge is 0.0445 e. The van der Waals surface area contributed by atoms with Crippen molar-refractivity contribution in [1.29, 1.82) is 0 Å². The van der Waals surface area contributed by atoms with Crippen LogP contribution in [0, 0.1) is 12.3 Å². The summed E-state index contributed by atoms with van der Waals surface area (Å²) in [5, 5.41) is 2.97. The van der Waals surface area contributed by atoms with Gasteiger partial charge in [0, 0.05) is 10.3 Å². The van der Waals surface area contributed by atoms with E-state index >= 15 is 0 Å². The monoisotopic (exact) mass is 97.0 g/mol. The largest absolute Gasteiger partial charge is 0.140 e. The van der Waals surface area contributed by atoms with Crippen LogP contribution in [0.4, 0.5) is 0 Å². The van der Waals surface area contributed by atoms with Gasteiger partial charge in [-0.3, -0.25) is 0 Å². The van der Waals surface area contributed by atoms with E-state index in [1.165, 1.54) is 4.88 Å². The Morgan fingerprint density at radius 3 is 2.83 bits per heavy atom. The van der Waals surface area contributed by atoms with E-state index in [1.54, 1.807) is 11.3 Å². The molecule has 0 aliphatic carbocycles. The molecule has 0 unspecified atom stereocenters. The van der Waals surface area contributed by atoms with Gasteiger partial charge >= 0.3 is 0 Å². The first kappa shape index (κ1) is 3.88. The Hall–Kier alpha value is -0.300. The lowest BCUT2D eigenvalue weighted by molar-refractivity contribution is 1.64. The van der Waals surface area contributed by atoms with E-state index in [2.05, 4.69) is 12.3 Å². The van der Waals surface area contributed by atoms with Gasteiger partial charge in [-0.05, 0) is 19.1 Å². The van der Waals surface area contributed by atoms with Crippen molar-refractivity contribution >= 4 is 11.3 Å². The molecule has 1 radical (unpaired) electrons. The molecule has 0 aliphatic rings. The molecular formula is C5H5S. The minimum Gasteiger partial charge on any atom is -0.140 e. The van der Waals surface area contributed by atoms with E-state index in [-0.39, 0.29) is 0 Å².